The molecule has 0 bridgehead atoms. The van der Waals surface area contributed by atoms with E-state index in [-0.39, 0.29) is 11.9 Å². The van der Waals surface area contributed by atoms with Crippen molar-refractivity contribution in [2.45, 2.75) is 19.4 Å². The highest BCUT2D eigenvalue weighted by atomic mass is 16.5. The fraction of sp³-hybridized carbons (Fsp3) is 0.300. The number of hydrogen-bond acceptors (Lipinski definition) is 4. The molecule has 1 heterocycles. The zero-order valence-corrected chi connectivity index (χ0v) is 14.2. The van der Waals surface area contributed by atoms with Crippen LogP contribution in [-0.4, -0.2) is 37.0 Å². The van der Waals surface area contributed by atoms with Crippen molar-refractivity contribution in [1.82, 2.24) is 4.90 Å². The van der Waals surface area contributed by atoms with Crippen LogP contribution in [0.2, 0.25) is 0 Å². The summed E-state index contributed by atoms with van der Waals surface area (Å²) in [5.41, 5.74) is 2.18. The van der Waals surface area contributed by atoms with Crippen molar-refractivity contribution in [3.63, 3.8) is 0 Å². The van der Waals surface area contributed by atoms with E-state index in [9.17, 15) is 9.59 Å². The zero-order valence-electron chi connectivity index (χ0n) is 14.2. The zero-order chi connectivity index (χ0) is 17.6. The van der Waals surface area contributed by atoms with Crippen LogP contribution in [-0.2, 0) is 11.3 Å². The van der Waals surface area contributed by atoms with Gasteiger partial charge >= 0.3 is 5.97 Å². The normalized spacial score (nSPS) is 13.6. The molecule has 2 aromatic carbocycles. The summed E-state index contributed by atoms with van der Waals surface area (Å²) < 4.78 is 10.4. The van der Waals surface area contributed by atoms with E-state index in [2.05, 4.69) is 4.74 Å². The van der Waals surface area contributed by atoms with Crippen LogP contribution in [0.1, 0.15) is 39.1 Å². The number of carbonyl (C=O) groups is 2. The number of ether oxygens (including phenoxy) is 2. The third kappa shape index (κ3) is 4.18. The van der Waals surface area contributed by atoms with E-state index in [0.29, 0.717) is 23.5 Å². The van der Waals surface area contributed by atoms with E-state index in [4.69, 9.17) is 4.74 Å². The van der Waals surface area contributed by atoms with Gasteiger partial charge in [-0.25, -0.2) is 4.79 Å². The maximum absolute atomic E-state index is 12.3. The number of nitrogens with zero attached hydrogens (tertiary/aromatic N) is 1. The van der Waals surface area contributed by atoms with Crippen LogP contribution in [0, 0.1) is 0 Å². The molecule has 1 amide bonds. The van der Waals surface area contributed by atoms with Gasteiger partial charge in [0.2, 0.25) is 0 Å². The molecule has 0 atom stereocenters. The molecule has 25 heavy (non-hydrogen) atoms. The molecular formula is C20H21NO4. The summed E-state index contributed by atoms with van der Waals surface area (Å²) >= 11 is 0. The molecule has 1 saturated heterocycles. The average molecular weight is 339 g/mol. The smallest absolute Gasteiger partial charge is 0.337 e. The number of rotatable bonds is 5. The van der Waals surface area contributed by atoms with Gasteiger partial charge in [-0.15, -0.1) is 0 Å². The first kappa shape index (κ1) is 17.0. The van der Waals surface area contributed by atoms with Gasteiger partial charge in [-0.05, 0) is 54.8 Å². The predicted molar refractivity (Wildman–Crippen MR) is 93.7 cm³/mol. The highest BCUT2D eigenvalue weighted by Gasteiger charge is 2.19. The van der Waals surface area contributed by atoms with Gasteiger partial charge in [0, 0.05) is 18.7 Å². The molecule has 2 aromatic rings. The minimum Gasteiger partial charge on any atom is -0.489 e. The van der Waals surface area contributed by atoms with Crippen LogP contribution in [0.4, 0.5) is 0 Å². The van der Waals surface area contributed by atoms with E-state index in [1.165, 1.54) is 7.11 Å². The maximum atomic E-state index is 12.3. The minimum atomic E-state index is -0.371. The summed E-state index contributed by atoms with van der Waals surface area (Å²) in [6.07, 6.45) is 2.18. The second-order valence-electron chi connectivity index (χ2n) is 6.00. The lowest BCUT2D eigenvalue weighted by Crippen LogP contribution is -2.27. The monoisotopic (exact) mass is 339 g/mol. The van der Waals surface area contributed by atoms with Gasteiger partial charge in [-0.1, -0.05) is 12.1 Å². The lowest BCUT2D eigenvalue weighted by atomic mass is 10.1. The van der Waals surface area contributed by atoms with Crippen molar-refractivity contribution in [3.8, 4) is 5.75 Å². The lowest BCUT2D eigenvalue weighted by molar-refractivity contribution is 0.0600. The summed E-state index contributed by atoms with van der Waals surface area (Å²) in [6.45, 7) is 2.10. The number of amides is 1. The Morgan fingerprint density at radius 2 is 1.52 bits per heavy atom. The van der Waals surface area contributed by atoms with Crippen molar-refractivity contribution in [3.05, 3.63) is 65.2 Å². The Morgan fingerprint density at radius 3 is 2.12 bits per heavy atom. The molecule has 1 aliphatic heterocycles. The fourth-order valence-corrected chi connectivity index (χ4v) is 2.82. The molecule has 0 unspecified atom stereocenters. The molecule has 5 nitrogen and oxygen atoms in total. The van der Waals surface area contributed by atoms with Gasteiger partial charge in [0.15, 0.2) is 0 Å². The molecule has 1 aliphatic rings. The van der Waals surface area contributed by atoms with E-state index in [0.717, 1.165) is 31.5 Å². The Labute approximate surface area is 147 Å². The summed E-state index contributed by atoms with van der Waals surface area (Å²) in [4.78, 5) is 25.6. The standard InChI is InChI=1S/C20H21NO4/c1-24-20(23)17-8-10-18(11-9-17)25-14-15-4-6-16(7-5-15)19(22)21-12-2-3-13-21/h4-11H,2-3,12-14H2,1H3. The summed E-state index contributed by atoms with van der Waals surface area (Å²) in [7, 11) is 1.35. The van der Waals surface area contributed by atoms with Gasteiger partial charge in [0.05, 0.1) is 12.7 Å². The fourth-order valence-electron chi connectivity index (χ4n) is 2.82. The van der Waals surface area contributed by atoms with E-state index in [1.807, 2.05) is 29.2 Å². The van der Waals surface area contributed by atoms with Crippen LogP contribution in [0.15, 0.2) is 48.5 Å². The van der Waals surface area contributed by atoms with E-state index in [1.54, 1.807) is 24.3 Å². The number of likely N-dealkylation sites (tertiary alicyclic amines) is 1. The molecule has 5 heteroatoms. The van der Waals surface area contributed by atoms with Crippen LogP contribution in [0.25, 0.3) is 0 Å². The summed E-state index contributed by atoms with van der Waals surface area (Å²) in [5.74, 6) is 0.401. The Bertz CT molecular complexity index is 731. The molecule has 0 aromatic heterocycles. The molecule has 0 aliphatic carbocycles. The Balaban J connectivity index is 1.56. The first-order valence-electron chi connectivity index (χ1n) is 8.37. The molecule has 0 saturated carbocycles. The van der Waals surface area contributed by atoms with Gasteiger partial charge in [-0.2, -0.15) is 0 Å². The van der Waals surface area contributed by atoms with Crippen molar-refractivity contribution >= 4 is 11.9 Å². The van der Waals surface area contributed by atoms with E-state index < -0.39 is 0 Å². The number of benzene rings is 2. The van der Waals surface area contributed by atoms with Gasteiger partial charge in [0.1, 0.15) is 12.4 Å². The summed E-state index contributed by atoms with van der Waals surface area (Å²) in [5, 5.41) is 0. The van der Waals surface area contributed by atoms with E-state index >= 15 is 0 Å². The number of methoxy groups -OCH3 is 1. The highest BCUT2D eigenvalue weighted by molar-refractivity contribution is 5.94. The number of hydrogen-bond donors (Lipinski definition) is 0. The largest absolute Gasteiger partial charge is 0.489 e. The van der Waals surface area contributed by atoms with Crippen molar-refractivity contribution in [1.29, 1.82) is 0 Å². The second-order valence-corrected chi connectivity index (χ2v) is 6.00. The van der Waals surface area contributed by atoms with Crippen LogP contribution in [0.3, 0.4) is 0 Å². The SMILES string of the molecule is COC(=O)c1ccc(OCc2ccc(C(=O)N3CCCC3)cc2)cc1. The van der Waals surface area contributed by atoms with Crippen LogP contribution < -0.4 is 4.74 Å². The second kappa shape index (κ2) is 7.83. The van der Waals surface area contributed by atoms with Crippen molar-refractivity contribution < 1.29 is 19.1 Å². The molecule has 130 valence electrons. The molecule has 0 radical (unpaired) electrons. The Kier molecular flexibility index (Phi) is 5.33. The molecule has 0 spiro atoms. The minimum absolute atomic E-state index is 0.100. The van der Waals surface area contributed by atoms with Crippen LogP contribution in [0.5, 0.6) is 5.75 Å². The highest BCUT2D eigenvalue weighted by Crippen LogP contribution is 2.17. The number of esters is 1. The van der Waals surface area contributed by atoms with Gasteiger partial charge in [0.25, 0.3) is 5.91 Å². The quantitative estimate of drug-likeness (QED) is 0.785. The molecule has 0 N–H and O–H groups in total. The number of carbonyl (C=O) groups excluding carboxylic acids is 2. The maximum Gasteiger partial charge on any atom is 0.337 e. The first-order chi connectivity index (χ1) is 12.2. The molecule has 1 fully saturated rings. The Morgan fingerprint density at radius 1 is 0.920 bits per heavy atom. The average Bonchev–Trinajstić information content (AvgIpc) is 3.21. The van der Waals surface area contributed by atoms with Gasteiger partial charge < -0.3 is 14.4 Å². The topological polar surface area (TPSA) is 55.8 Å². The van der Waals surface area contributed by atoms with Crippen molar-refractivity contribution in [2.75, 3.05) is 20.2 Å². The van der Waals surface area contributed by atoms with Crippen molar-refractivity contribution in [2.24, 2.45) is 0 Å². The Hall–Kier alpha value is -2.82. The molecular weight excluding hydrogens is 318 g/mol. The third-order valence-electron chi connectivity index (χ3n) is 4.28. The lowest BCUT2D eigenvalue weighted by Gasteiger charge is -2.15. The third-order valence-corrected chi connectivity index (χ3v) is 4.28. The predicted octanol–water partition coefficient (Wildman–Crippen LogP) is 3.29. The van der Waals surface area contributed by atoms with Crippen LogP contribution >= 0.6 is 0 Å². The first-order valence-corrected chi connectivity index (χ1v) is 8.37. The summed E-state index contributed by atoms with van der Waals surface area (Å²) in [6, 6.07) is 14.3. The molecule has 3 rings (SSSR count). The van der Waals surface area contributed by atoms with Gasteiger partial charge in [-0.3, -0.25) is 4.79 Å².